The zero-order chi connectivity index (χ0) is 29.2. The molecule has 0 saturated carbocycles. The van der Waals surface area contributed by atoms with Crippen molar-refractivity contribution in [1.29, 1.82) is 47.4 Å². The lowest BCUT2D eigenvalue weighted by molar-refractivity contribution is 0.306. The molecule has 40 heavy (non-hydrogen) atoms. The molecule has 13 heteroatoms. The number of nitrogens with zero attached hydrogens (tertiary/aromatic N) is 9. The van der Waals surface area contributed by atoms with E-state index in [1.54, 1.807) is 54.6 Å². The van der Waals surface area contributed by atoms with Crippen molar-refractivity contribution in [2.24, 2.45) is 0 Å². The zero-order valence-corrected chi connectivity index (χ0v) is 19.8. The molecule has 0 unspecified atom stereocenters. The molecule has 0 aliphatic carbocycles. The molecule has 0 radical (unpaired) electrons. The Morgan fingerprint density at radius 1 is 0.350 bits per heavy atom. The van der Waals surface area contributed by atoms with E-state index in [4.69, 9.17) is 14.0 Å². The van der Waals surface area contributed by atoms with E-state index in [1.807, 2.05) is 0 Å². The summed E-state index contributed by atoms with van der Waals surface area (Å²) in [6, 6.07) is 23.0. The molecule has 0 amide bonds. The molecule has 0 N–H and O–H groups in total. The minimum Gasteiger partial charge on any atom is -0.488 e. The van der Waals surface area contributed by atoms with Crippen LogP contribution in [0.4, 0.5) is 0 Å². The first-order chi connectivity index (χ1) is 19.4. The quantitative estimate of drug-likeness (QED) is 0.430. The van der Waals surface area contributed by atoms with Gasteiger partial charge in [-0.1, -0.05) is 0 Å². The molecule has 3 aromatic rings. The van der Waals surface area contributed by atoms with Crippen LogP contribution in [0.1, 0.15) is 50.1 Å². The SMILES string of the molecule is N#Cc1ccc(OB(Oc2ccc(C#N)c(C#N)c2C#N)Oc2ccc(C#N)c(C#N)c2C#N)c(C#N)c1C#N. The van der Waals surface area contributed by atoms with Crippen LogP contribution in [0.3, 0.4) is 0 Å². The lowest BCUT2D eigenvalue weighted by atomic mass is 10.00. The van der Waals surface area contributed by atoms with Crippen molar-refractivity contribution < 1.29 is 14.0 Å². The fourth-order valence-corrected chi connectivity index (χ4v) is 3.39. The number of nitriles is 9. The molecule has 0 spiro atoms. The molecule has 0 aromatic heterocycles. The van der Waals surface area contributed by atoms with Gasteiger partial charge in [-0.2, -0.15) is 47.4 Å². The van der Waals surface area contributed by atoms with Gasteiger partial charge in [-0.15, -0.1) is 0 Å². The fraction of sp³-hybridized carbons (Fsp3) is 0. The maximum absolute atomic E-state index is 9.67. The van der Waals surface area contributed by atoms with E-state index in [0.717, 1.165) is 0 Å². The molecule has 12 nitrogen and oxygen atoms in total. The summed E-state index contributed by atoms with van der Waals surface area (Å²) in [6.45, 7) is 0. The van der Waals surface area contributed by atoms with E-state index in [9.17, 15) is 47.4 Å². The first kappa shape index (κ1) is 27.1. The molecular weight excluding hydrogens is 509 g/mol. The van der Waals surface area contributed by atoms with Crippen molar-refractivity contribution in [3.63, 3.8) is 0 Å². The first-order valence-corrected chi connectivity index (χ1v) is 10.6. The van der Waals surface area contributed by atoms with E-state index in [0.29, 0.717) is 0 Å². The summed E-state index contributed by atoms with van der Waals surface area (Å²) < 4.78 is 17.1. The van der Waals surface area contributed by atoms with Gasteiger partial charge in [0.2, 0.25) is 0 Å². The summed E-state index contributed by atoms with van der Waals surface area (Å²) >= 11 is 0. The Labute approximate surface area is 227 Å². The normalized spacial score (nSPS) is 8.78. The van der Waals surface area contributed by atoms with Gasteiger partial charge in [-0.3, -0.25) is 0 Å². The molecule has 0 heterocycles. The maximum atomic E-state index is 9.67. The molecule has 0 saturated heterocycles. The zero-order valence-electron chi connectivity index (χ0n) is 19.8. The van der Waals surface area contributed by atoms with Gasteiger partial charge in [0.1, 0.15) is 88.6 Å². The lowest BCUT2D eigenvalue weighted by Gasteiger charge is -2.19. The summed E-state index contributed by atoms with van der Waals surface area (Å²) in [7, 11) is -1.94. The van der Waals surface area contributed by atoms with Gasteiger partial charge < -0.3 is 14.0 Å². The van der Waals surface area contributed by atoms with Crippen LogP contribution in [-0.2, 0) is 0 Å². The second-order valence-electron chi connectivity index (χ2n) is 7.23. The summed E-state index contributed by atoms with van der Waals surface area (Å²) in [5.74, 6) is -0.866. The minimum atomic E-state index is -1.94. The second-order valence-corrected chi connectivity index (χ2v) is 7.23. The third-order valence-corrected chi connectivity index (χ3v) is 5.20. The van der Waals surface area contributed by atoms with Gasteiger partial charge in [0.15, 0.2) is 0 Å². The van der Waals surface area contributed by atoms with Crippen LogP contribution in [0.25, 0.3) is 0 Å². The highest BCUT2D eigenvalue weighted by Crippen LogP contribution is 2.30. The smallest absolute Gasteiger partial charge is 0.488 e. The van der Waals surface area contributed by atoms with E-state index in [2.05, 4.69) is 0 Å². The number of rotatable bonds is 6. The Morgan fingerprint density at radius 2 is 0.600 bits per heavy atom. The van der Waals surface area contributed by atoms with Crippen LogP contribution in [0.5, 0.6) is 17.2 Å². The van der Waals surface area contributed by atoms with Crippen molar-refractivity contribution in [3.05, 3.63) is 86.5 Å². The van der Waals surface area contributed by atoms with E-state index in [-0.39, 0.29) is 67.3 Å². The second kappa shape index (κ2) is 12.0. The van der Waals surface area contributed by atoms with Crippen LogP contribution in [0, 0.1) is 102 Å². The largest absolute Gasteiger partial charge is 0.864 e. The molecule has 3 rings (SSSR count). The fourth-order valence-electron chi connectivity index (χ4n) is 3.39. The maximum Gasteiger partial charge on any atom is 0.864 e. The van der Waals surface area contributed by atoms with E-state index < -0.39 is 7.32 Å². The van der Waals surface area contributed by atoms with Crippen molar-refractivity contribution in [2.75, 3.05) is 0 Å². The summed E-state index contributed by atoms with van der Waals surface area (Å²) in [5, 5.41) is 85.3. The Balaban J connectivity index is 2.22. The van der Waals surface area contributed by atoms with Crippen LogP contribution < -0.4 is 14.0 Å². The molecule has 180 valence electrons. The predicted octanol–water partition coefficient (Wildman–Crippen LogP) is 3.05. The van der Waals surface area contributed by atoms with Gasteiger partial charge in [0.25, 0.3) is 0 Å². The molecular formula is C27H6BN9O3. The van der Waals surface area contributed by atoms with Crippen molar-refractivity contribution in [1.82, 2.24) is 0 Å². The molecule has 0 aliphatic heterocycles. The van der Waals surface area contributed by atoms with Crippen molar-refractivity contribution in [3.8, 4) is 71.9 Å². The molecule has 0 aliphatic rings. The predicted molar refractivity (Wildman–Crippen MR) is 129 cm³/mol. The minimum absolute atomic E-state index is 0.111. The third kappa shape index (κ3) is 4.93. The van der Waals surface area contributed by atoms with Crippen LogP contribution in [-0.4, -0.2) is 7.32 Å². The standard InChI is InChI=1S/C27H6BN9O3/c29-7-16-1-4-25(22(13-35)19(16)10-32)38-28(39-26-5-2-17(8-30)20(11-33)23(26)14-36)40-27-6-3-18(9-31)21(12-34)24(27)15-37/h1-6H. The van der Waals surface area contributed by atoms with E-state index >= 15 is 0 Å². The molecule has 3 aromatic carbocycles. The molecule has 0 atom stereocenters. The Hall–Kier alpha value is -7.47. The van der Waals surface area contributed by atoms with Gasteiger partial charge >= 0.3 is 7.32 Å². The topological polar surface area (TPSA) is 242 Å². The highest BCUT2D eigenvalue weighted by atomic mass is 16.7. The summed E-state index contributed by atoms with van der Waals surface area (Å²) in [6.07, 6.45) is 0. The average Bonchev–Trinajstić information content (AvgIpc) is 2.99. The lowest BCUT2D eigenvalue weighted by Crippen LogP contribution is -2.38. The van der Waals surface area contributed by atoms with Crippen LogP contribution >= 0.6 is 0 Å². The number of hydrogen-bond acceptors (Lipinski definition) is 12. The van der Waals surface area contributed by atoms with Crippen LogP contribution in [0.15, 0.2) is 36.4 Å². The average molecular weight is 515 g/mol. The van der Waals surface area contributed by atoms with Crippen LogP contribution in [0.2, 0.25) is 0 Å². The monoisotopic (exact) mass is 515 g/mol. The Bertz CT molecular complexity index is 1730. The molecule has 0 bridgehead atoms. The van der Waals surface area contributed by atoms with Gasteiger partial charge in [0, 0.05) is 0 Å². The first-order valence-electron chi connectivity index (χ1n) is 10.6. The summed E-state index contributed by atoms with van der Waals surface area (Å²) in [5.41, 5.74) is -2.29. The van der Waals surface area contributed by atoms with Gasteiger partial charge in [-0.25, -0.2) is 0 Å². The van der Waals surface area contributed by atoms with Crippen molar-refractivity contribution in [2.45, 2.75) is 0 Å². The third-order valence-electron chi connectivity index (χ3n) is 5.20. The Kier molecular flexibility index (Phi) is 8.13. The Morgan fingerprint density at radius 3 is 0.800 bits per heavy atom. The number of benzene rings is 3. The summed E-state index contributed by atoms with van der Waals surface area (Å²) in [4.78, 5) is 0. The van der Waals surface area contributed by atoms with Gasteiger partial charge in [0.05, 0.1) is 33.4 Å². The highest BCUT2D eigenvalue weighted by molar-refractivity contribution is 6.39. The van der Waals surface area contributed by atoms with Crippen molar-refractivity contribution >= 4 is 7.32 Å². The highest BCUT2D eigenvalue weighted by Gasteiger charge is 2.35. The number of hydrogen-bond donors (Lipinski definition) is 0. The van der Waals surface area contributed by atoms with E-state index in [1.165, 1.54) is 36.4 Å². The molecule has 0 fully saturated rings. The van der Waals surface area contributed by atoms with Gasteiger partial charge in [-0.05, 0) is 36.4 Å².